The maximum Gasteiger partial charge on any atom is 0.337 e. The van der Waals surface area contributed by atoms with Gasteiger partial charge in [-0.2, -0.15) is 0 Å². The molecule has 0 heterocycles. The molecule has 0 fully saturated rings. The molecule has 0 unspecified atom stereocenters. The van der Waals surface area contributed by atoms with Gasteiger partial charge in [0.25, 0.3) is 0 Å². The van der Waals surface area contributed by atoms with Gasteiger partial charge in [0.05, 0.1) is 16.8 Å². The average molecular weight is 320 g/mol. The lowest BCUT2D eigenvalue weighted by atomic mass is 10.1. The summed E-state index contributed by atoms with van der Waals surface area (Å²) in [6, 6.07) is 17.0. The second-order valence-corrected chi connectivity index (χ2v) is 5.01. The molecule has 0 aliphatic carbocycles. The van der Waals surface area contributed by atoms with Crippen LogP contribution >= 0.6 is 0 Å². The molecule has 0 saturated carbocycles. The molecule has 0 aliphatic heterocycles. The van der Waals surface area contributed by atoms with Crippen molar-refractivity contribution < 1.29 is 19.8 Å². The van der Waals surface area contributed by atoms with E-state index in [1.54, 1.807) is 12.1 Å². The van der Waals surface area contributed by atoms with Gasteiger partial charge in [-0.15, -0.1) is 10.2 Å². The number of carboxylic acids is 2. The number of azo groups is 1. The lowest BCUT2D eigenvalue weighted by Gasteiger charge is -2.05. The summed E-state index contributed by atoms with van der Waals surface area (Å²) in [4.78, 5) is 22.7. The molecular weight excluding hydrogens is 308 g/mol. The van der Waals surface area contributed by atoms with Gasteiger partial charge < -0.3 is 10.2 Å². The predicted octanol–water partition coefficient (Wildman–Crippen LogP) is 4.65. The maximum absolute atomic E-state index is 11.3. The van der Waals surface area contributed by atoms with Gasteiger partial charge in [-0.05, 0) is 23.6 Å². The molecule has 24 heavy (non-hydrogen) atoms. The van der Waals surface area contributed by atoms with Crippen LogP contribution in [-0.4, -0.2) is 22.2 Å². The second kappa shape index (κ2) is 6.29. The fourth-order valence-electron chi connectivity index (χ4n) is 2.40. The zero-order chi connectivity index (χ0) is 17.1. The minimum absolute atomic E-state index is 0.176. The molecule has 118 valence electrons. The van der Waals surface area contributed by atoms with Gasteiger partial charge in [0.15, 0.2) is 0 Å². The van der Waals surface area contributed by atoms with Crippen LogP contribution in [0.15, 0.2) is 70.9 Å². The zero-order valence-electron chi connectivity index (χ0n) is 12.4. The lowest BCUT2D eigenvalue weighted by Crippen LogP contribution is -2.03. The first-order valence-corrected chi connectivity index (χ1v) is 7.07. The fourth-order valence-corrected chi connectivity index (χ4v) is 2.40. The van der Waals surface area contributed by atoms with Crippen LogP contribution in [0.3, 0.4) is 0 Å². The van der Waals surface area contributed by atoms with Crippen LogP contribution in [-0.2, 0) is 0 Å². The third-order valence-corrected chi connectivity index (χ3v) is 3.52. The molecule has 0 radical (unpaired) electrons. The Bertz CT molecular complexity index is 942. The summed E-state index contributed by atoms with van der Waals surface area (Å²) >= 11 is 0. The van der Waals surface area contributed by atoms with Gasteiger partial charge in [0.2, 0.25) is 0 Å². The van der Waals surface area contributed by atoms with Crippen molar-refractivity contribution in [1.29, 1.82) is 0 Å². The Morgan fingerprint density at radius 1 is 0.708 bits per heavy atom. The Labute approximate surface area is 136 Å². The van der Waals surface area contributed by atoms with Crippen LogP contribution in [0.25, 0.3) is 10.8 Å². The number of fused-ring (bicyclic) bond motifs is 1. The topological polar surface area (TPSA) is 99.3 Å². The molecule has 3 aromatic carbocycles. The zero-order valence-corrected chi connectivity index (χ0v) is 12.4. The second-order valence-electron chi connectivity index (χ2n) is 5.01. The van der Waals surface area contributed by atoms with Crippen molar-refractivity contribution >= 4 is 34.1 Å². The van der Waals surface area contributed by atoms with E-state index in [-0.39, 0.29) is 16.8 Å². The number of hydrogen-bond acceptors (Lipinski definition) is 4. The van der Waals surface area contributed by atoms with Crippen LogP contribution < -0.4 is 0 Å². The van der Waals surface area contributed by atoms with Crippen LogP contribution in [0.1, 0.15) is 20.7 Å². The van der Waals surface area contributed by atoms with Gasteiger partial charge in [0, 0.05) is 5.39 Å². The van der Waals surface area contributed by atoms with Crippen molar-refractivity contribution in [2.45, 2.75) is 0 Å². The highest BCUT2D eigenvalue weighted by atomic mass is 16.4. The summed E-state index contributed by atoms with van der Waals surface area (Å²) in [5.74, 6) is -2.52. The standard InChI is InChI=1S/C18H12N2O4/c21-17(22)13-8-4-9-14(18(23)24)16(13)20-19-15-10-3-6-11-5-1-2-7-12(11)15/h1-10H,(H,21,22)(H,23,24). The maximum atomic E-state index is 11.3. The first-order chi connectivity index (χ1) is 11.6. The SMILES string of the molecule is O=C(O)c1cccc(C(=O)O)c1N=Nc1cccc2ccccc12. The van der Waals surface area contributed by atoms with Crippen molar-refractivity contribution in [3.63, 3.8) is 0 Å². The number of benzene rings is 3. The highest BCUT2D eigenvalue weighted by Gasteiger charge is 2.18. The van der Waals surface area contributed by atoms with E-state index in [0.29, 0.717) is 5.69 Å². The monoisotopic (exact) mass is 320 g/mol. The van der Waals surface area contributed by atoms with E-state index >= 15 is 0 Å². The molecular formula is C18H12N2O4. The summed E-state index contributed by atoms with van der Waals surface area (Å²) in [6.45, 7) is 0. The lowest BCUT2D eigenvalue weighted by molar-refractivity contribution is 0.0696. The van der Waals surface area contributed by atoms with Crippen LogP contribution in [0, 0.1) is 0 Å². The average Bonchev–Trinajstić information content (AvgIpc) is 2.59. The first-order valence-electron chi connectivity index (χ1n) is 7.07. The summed E-state index contributed by atoms with van der Waals surface area (Å²) in [5.41, 5.74) is -0.0622. The molecule has 0 saturated heterocycles. The van der Waals surface area contributed by atoms with Crippen LogP contribution in [0.4, 0.5) is 11.4 Å². The number of aromatic carboxylic acids is 2. The van der Waals surface area contributed by atoms with Crippen molar-refractivity contribution in [1.82, 2.24) is 0 Å². The van der Waals surface area contributed by atoms with Crippen molar-refractivity contribution in [2.24, 2.45) is 10.2 Å². The Kier molecular flexibility index (Phi) is 4.03. The Balaban J connectivity index is 2.15. The number of carbonyl (C=O) groups is 2. The Morgan fingerprint density at radius 2 is 1.29 bits per heavy atom. The van der Waals surface area contributed by atoms with E-state index in [2.05, 4.69) is 10.2 Å². The van der Waals surface area contributed by atoms with Crippen LogP contribution in [0.2, 0.25) is 0 Å². The number of rotatable bonds is 4. The van der Waals surface area contributed by atoms with E-state index in [0.717, 1.165) is 10.8 Å². The normalized spacial score (nSPS) is 11.0. The minimum Gasteiger partial charge on any atom is -0.478 e. The molecule has 2 N–H and O–H groups in total. The van der Waals surface area contributed by atoms with Gasteiger partial charge in [-0.3, -0.25) is 0 Å². The fraction of sp³-hybridized carbons (Fsp3) is 0. The molecule has 0 aliphatic rings. The molecule has 0 aromatic heterocycles. The summed E-state index contributed by atoms with van der Waals surface area (Å²) in [5, 5.41) is 28.3. The quantitative estimate of drug-likeness (QED) is 0.683. The number of hydrogen-bond donors (Lipinski definition) is 2. The van der Waals surface area contributed by atoms with E-state index in [9.17, 15) is 19.8 Å². The molecule has 3 rings (SSSR count). The van der Waals surface area contributed by atoms with E-state index in [1.807, 2.05) is 30.3 Å². The third kappa shape index (κ3) is 2.85. The smallest absolute Gasteiger partial charge is 0.337 e. The highest BCUT2D eigenvalue weighted by Crippen LogP contribution is 2.30. The number of carboxylic acid groups (broad SMARTS) is 2. The summed E-state index contributed by atoms with van der Waals surface area (Å²) < 4.78 is 0. The van der Waals surface area contributed by atoms with Gasteiger partial charge >= 0.3 is 11.9 Å². The van der Waals surface area contributed by atoms with E-state index < -0.39 is 11.9 Å². The largest absolute Gasteiger partial charge is 0.478 e. The predicted molar refractivity (Wildman–Crippen MR) is 88.5 cm³/mol. The molecule has 0 atom stereocenters. The van der Waals surface area contributed by atoms with Crippen molar-refractivity contribution in [3.8, 4) is 0 Å². The molecule has 6 heteroatoms. The Hall–Kier alpha value is -3.54. The summed E-state index contributed by atoms with van der Waals surface area (Å²) in [7, 11) is 0. The molecule has 0 spiro atoms. The van der Waals surface area contributed by atoms with E-state index in [4.69, 9.17) is 0 Å². The highest BCUT2D eigenvalue weighted by molar-refractivity contribution is 6.02. The molecule has 0 amide bonds. The Morgan fingerprint density at radius 3 is 1.96 bits per heavy atom. The first kappa shape index (κ1) is 15.4. The summed E-state index contributed by atoms with van der Waals surface area (Å²) in [6.07, 6.45) is 0. The van der Waals surface area contributed by atoms with Gasteiger partial charge in [-0.1, -0.05) is 42.5 Å². The molecule has 6 nitrogen and oxygen atoms in total. The molecule has 3 aromatic rings. The van der Waals surface area contributed by atoms with Crippen molar-refractivity contribution in [3.05, 3.63) is 71.8 Å². The molecule has 0 bridgehead atoms. The van der Waals surface area contributed by atoms with Crippen molar-refractivity contribution in [2.75, 3.05) is 0 Å². The third-order valence-electron chi connectivity index (χ3n) is 3.52. The minimum atomic E-state index is -1.26. The van der Waals surface area contributed by atoms with Gasteiger partial charge in [0.1, 0.15) is 5.69 Å². The van der Waals surface area contributed by atoms with Gasteiger partial charge in [-0.25, -0.2) is 9.59 Å². The number of nitrogens with zero attached hydrogens (tertiary/aromatic N) is 2. The van der Waals surface area contributed by atoms with E-state index in [1.165, 1.54) is 18.2 Å². The van der Waals surface area contributed by atoms with Crippen LogP contribution in [0.5, 0.6) is 0 Å².